The fourth-order valence-electron chi connectivity index (χ4n) is 2.70. The first-order valence-electron chi connectivity index (χ1n) is 5.67. The molecule has 0 spiro atoms. The van der Waals surface area contributed by atoms with Crippen LogP contribution in [0.25, 0.3) is 0 Å². The van der Waals surface area contributed by atoms with Crippen molar-refractivity contribution in [3.63, 3.8) is 0 Å². The summed E-state index contributed by atoms with van der Waals surface area (Å²) in [6, 6.07) is 8.83. The van der Waals surface area contributed by atoms with Gasteiger partial charge >= 0.3 is 0 Å². The maximum Gasteiger partial charge on any atom is -0.0119 e. The third kappa shape index (κ3) is 1.90. The topological polar surface area (TPSA) is 0 Å². The molecule has 0 amide bonds. The Kier molecular flexibility index (Phi) is 3.05. The minimum absolute atomic E-state index is 0.684. The van der Waals surface area contributed by atoms with Gasteiger partial charge in [-0.15, -0.1) is 13.2 Å². The molecule has 0 aliphatic heterocycles. The lowest BCUT2D eigenvalue weighted by Gasteiger charge is -2.08. The zero-order valence-electron chi connectivity index (χ0n) is 9.15. The van der Waals surface area contributed by atoms with Crippen LogP contribution >= 0.6 is 0 Å². The molecule has 0 heteroatoms. The Hall–Kier alpha value is -1.30. The van der Waals surface area contributed by atoms with E-state index in [9.17, 15) is 0 Å². The van der Waals surface area contributed by atoms with Gasteiger partial charge in [0.15, 0.2) is 0 Å². The Morgan fingerprint density at radius 2 is 1.47 bits per heavy atom. The van der Waals surface area contributed by atoms with Crippen LogP contribution in [0.3, 0.4) is 0 Å². The van der Waals surface area contributed by atoms with Gasteiger partial charge in [-0.1, -0.05) is 36.4 Å². The Morgan fingerprint density at radius 1 is 1.00 bits per heavy atom. The molecule has 0 fully saturated rings. The maximum atomic E-state index is 3.85. The fourth-order valence-corrected chi connectivity index (χ4v) is 2.70. The van der Waals surface area contributed by atoms with E-state index >= 15 is 0 Å². The number of fused-ring (bicyclic) bond motifs is 1. The third-order valence-corrected chi connectivity index (χ3v) is 3.35. The van der Waals surface area contributed by atoms with Gasteiger partial charge in [-0.2, -0.15) is 0 Å². The van der Waals surface area contributed by atoms with Crippen LogP contribution in [0.5, 0.6) is 0 Å². The first-order valence-corrected chi connectivity index (χ1v) is 5.67. The quantitative estimate of drug-likeness (QED) is 0.629. The second kappa shape index (κ2) is 4.48. The Bertz CT molecular complexity index is 327. The SMILES string of the molecule is C=CCC1CC(CC=C)c2ccccc21. The van der Waals surface area contributed by atoms with Crippen LogP contribution in [0.1, 0.15) is 42.2 Å². The van der Waals surface area contributed by atoms with E-state index in [0.717, 1.165) is 12.8 Å². The minimum atomic E-state index is 0.684. The largest absolute Gasteiger partial charge is 0.103 e. The summed E-state index contributed by atoms with van der Waals surface area (Å²) in [5.41, 5.74) is 3.06. The number of hydrogen-bond donors (Lipinski definition) is 0. The van der Waals surface area contributed by atoms with E-state index in [4.69, 9.17) is 0 Å². The molecule has 0 saturated carbocycles. The van der Waals surface area contributed by atoms with Crippen molar-refractivity contribution in [3.05, 3.63) is 60.7 Å². The van der Waals surface area contributed by atoms with E-state index in [1.807, 2.05) is 12.2 Å². The maximum absolute atomic E-state index is 3.85. The van der Waals surface area contributed by atoms with E-state index in [-0.39, 0.29) is 0 Å². The zero-order chi connectivity index (χ0) is 10.7. The highest BCUT2D eigenvalue weighted by molar-refractivity contribution is 5.39. The van der Waals surface area contributed by atoms with Gasteiger partial charge in [0.25, 0.3) is 0 Å². The van der Waals surface area contributed by atoms with Gasteiger partial charge in [0, 0.05) is 0 Å². The number of hydrogen-bond acceptors (Lipinski definition) is 0. The first-order chi connectivity index (χ1) is 7.36. The lowest BCUT2D eigenvalue weighted by molar-refractivity contribution is 0.597. The molecule has 1 aromatic carbocycles. The molecular weight excluding hydrogens is 180 g/mol. The molecule has 2 unspecified atom stereocenters. The highest BCUT2D eigenvalue weighted by Crippen LogP contribution is 2.44. The number of rotatable bonds is 4. The Labute approximate surface area is 92.3 Å². The summed E-state index contributed by atoms with van der Waals surface area (Å²) in [4.78, 5) is 0. The molecule has 0 aromatic heterocycles. The average Bonchev–Trinajstić information content (AvgIpc) is 2.59. The van der Waals surface area contributed by atoms with E-state index in [1.54, 1.807) is 0 Å². The summed E-state index contributed by atoms with van der Waals surface area (Å²) in [5.74, 6) is 1.37. The van der Waals surface area contributed by atoms with Gasteiger partial charge in [-0.25, -0.2) is 0 Å². The molecule has 1 aliphatic rings. The smallest absolute Gasteiger partial charge is 0.0119 e. The molecule has 78 valence electrons. The highest BCUT2D eigenvalue weighted by atomic mass is 14.3. The van der Waals surface area contributed by atoms with Gasteiger partial charge in [-0.05, 0) is 42.2 Å². The first kappa shape index (κ1) is 10.2. The summed E-state index contributed by atoms with van der Waals surface area (Å²) in [6.45, 7) is 7.70. The molecule has 0 radical (unpaired) electrons. The third-order valence-electron chi connectivity index (χ3n) is 3.35. The van der Waals surface area contributed by atoms with Gasteiger partial charge < -0.3 is 0 Å². The fraction of sp³-hybridized carbons (Fsp3) is 0.333. The predicted molar refractivity (Wildman–Crippen MR) is 66.2 cm³/mol. The standard InChI is InChI=1S/C15H18/c1-3-7-12-11-13(8-4-2)15-10-6-5-9-14(12)15/h3-6,9-10,12-13H,1-2,7-8,11H2. The van der Waals surface area contributed by atoms with Crippen molar-refractivity contribution in [1.82, 2.24) is 0 Å². The van der Waals surface area contributed by atoms with Crippen LogP contribution in [-0.4, -0.2) is 0 Å². The highest BCUT2D eigenvalue weighted by Gasteiger charge is 2.28. The number of benzene rings is 1. The minimum Gasteiger partial charge on any atom is -0.103 e. The van der Waals surface area contributed by atoms with Crippen molar-refractivity contribution in [2.24, 2.45) is 0 Å². The molecule has 1 aliphatic carbocycles. The molecule has 0 nitrogen and oxygen atoms in total. The summed E-state index contributed by atoms with van der Waals surface area (Å²) in [5, 5.41) is 0. The lowest BCUT2D eigenvalue weighted by Crippen LogP contribution is -1.91. The average molecular weight is 198 g/mol. The molecule has 1 aromatic rings. The normalized spacial score (nSPS) is 23.5. The molecule has 0 heterocycles. The predicted octanol–water partition coefficient (Wildman–Crippen LogP) is 4.41. The van der Waals surface area contributed by atoms with Gasteiger partial charge in [0.2, 0.25) is 0 Å². The zero-order valence-corrected chi connectivity index (χ0v) is 9.15. The van der Waals surface area contributed by atoms with Gasteiger partial charge in [0.1, 0.15) is 0 Å². The van der Waals surface area contributed by atoms with Crippen LogP contribution in [0.2, 0.25) is 0 Å². The van der Waals surface area contributed by atoms with Crippen LogP contribution in [0.4, 0.5) is 0 Å². The summed E-state index contributed by atoms with van der Waals surface area (Å²) < 4.78 is 0. The molecule has 0 bridgehead atoms. The number of allylic oxidation sites excluding steroid dienone is 2. The van der Waals surface area contributed by atoms with Crippen molar-refractivity contribution in [1.29, 1.82) is 0 Å². The van der Waals surface area contributed by atoms with Crippen molar-refractivity contribution >= 4 is 0 Å². The van der Waals surface area contributed by atoms with Crippen LogP contribution in [-0.2, 0) is 0 Å². The molecule has 0 N–H and O–H groups in total. The molecule has 0 saturated heterocycles. The van der Waals surface area contributed by atoms with Crippen molar-refractivity contribution < 1.29 is 0 Å². The molecule has 15 heavy (non-hydrogen) atoms. The van der Waals surface area contributed by atoms with Crippen molar-refractivity contribution in [2.75, 3.05) is 0 Å². The van der Waals surface area contributed by atoms with E-state index < -0.39 is 0 Å². The summed E-state index contributed by atoms with van der Waals surface area (Å²) >= 11 is 0. The Balaban J connectivity index is 2.30. The summed E-state index contributed by atoms with van der Waals surface area (Å²) in [7, 11) is 0. The molecule has 2 atom stereocenters. The lowest BCUT2D eigenvalue weighted by atomic mass is 9.96. The van der Waals surface area contributed by atoms with Gasteiger partial charge in [0.05, 0.1) is 0 Å². The second-order valence-corrected chi connectivity index (χ2v) is 4.31. The summed E-state index contributed by atoms with van der Waals surface area (Å²) in [6.07, 6.45) is 7.54. The van der Waals surface area contributed by atoms with Crippen LogP contribution < -0.4 is 0 Å². The second-order valence-electron chi connectivity index (χ2n) is 4.31. The molecular formula is C15H18. The molecule has 2 rings (SSSR count). The van der Waals surface area contributed by atoms with E-state index in [0.29, 0.717) is 11.8 Å². The van der Waals surface area contributed by atoms with Gasteiger partial charge in [-0.3, -0.25) is 0 Å². The van der Waals surface area contributed by atoms with E-state index in [2.05, 4.69) is 37.4 Å². The van der Waals surface area contributed by atoms with Crippen LogP contribution in [0.15, 0.2) is 49.6 Å². The van der Waals surface area contributed by atoms with Crippen molar-refractivity contribution in [2.45, 2.75) is 31.1 Å². The van der Waals surface area contributed by atoms with Crippen molar-refractivity contribution in [3.8, 4) is 0 Å². The van der Waals surface area contributed by atoms with E-state index in [1.165, 1.54) is 17.5 Å². The monoisotopic (exact) mass is 198 g/mol. The van der Waals surface area contributed by atoms with Crippen LogP contribution in [0, 0.1) is 0 Å². The Morgan fingerprint density at radius 3 is 1.87 bits per heavy atom.